The van der Waals surface area contributed by atoms with E-state index >= 15 is 0 Å². The summed E-state index contributed by atoms with van der Waals surface area (Å²) in [6.45, 7) is 6.07. The van der Waals surface area contributed by atoms with Crippen LogP contribution in [0.2, 0.25) is 0 Å². The first kappa shape index (κ1) is 26.2. The van der Waals surface area contributed by atoms with Gasteiger partial charge in [0, 0.05) is 36.0 Å². The second-order valence-electron chi connectivity index (χ2n) is 9.96. The summed E-state index contributed by atoms with van der Waals surface area (Å²) in [5.74, 6) is 0.189. The third kappa shape index (κ3) is 5.95. The molecule has 1 amide bonds. The molecule has 0 radical (unpaired) electrons. The van der Waals surface area contributed by atoms with Gasteiger partial charge in [-0.2, -0.15) is 5.10 Å². The molecule has 4 rings (SSSR count). The number of aliphatic imine (C=N–C) groups is 1. The van der Waals surface area contributed by atoms with Gasteiger partial charge in [0.05, 0.1) is 36.0 Å². The second kappa shape index (κ2) is 10.7. The summed E-state index contributed by atoms with van der Waals surface area (Å²) in [6, 6.07) is 11.3. The molecule has 0 atom stereocenters. The molecule has 2 heterocycles. The monoisotopic (exact) mass is 503 g/mol. The highest BCUT2D eigenvalue weighted by atomic mass is 16.3. The molecule has 0 fully saturated rings. The van der Waals surface area contributed by atoms with E-state index in [4.69, 9.17) is 5.73 Å². The lowest BCUT2D eigenvalue weighted by atomic mass is 9.99. The van der Waals surface area contributed by atoms with Crippen LogP contribution in [0.3, 0.4) is 0 Å². The van der Waals surface area contributed by atoms with Crippen molar-refractivity contribution in [1.82, 2.24) is 14.7 Å². The van der Waals surface area contributed by atoms with E-state index in [1.165, 1.54) is 4.68 Å². The molecule has 0 spiro atoms. The fourth-order valence-corrected chi connectivity index (χ4v) is 4.46. The van der Waals surface area contributed by atoms with Crippen molar-refractivity contribution in [3.05, 3.63) is 64.1 Å². The van der Waals surface area contributed by atoms with Crippen molar-refractivity contribution in [2.75, 3.05) is 19.7 Å². The molecule has 194 valence electrons. The van der Waals surface area contributed by atoms with Gasteiger partial charge < -0.3 is 20.8 Å². The molecule has 37 heavy (non-hydrogen) atoms. The summed E-state index contributed by atoms with van der Waals surface area (Å²) in [7, 11) is 0. The van der Waals surface area contributed by atoms with Crippen molar-refractivity contribution in [3.8, 4) is 11.1 Å². The molecule has 1 aliphatic rings. The van der Waals surface area contributed by atoms with E-state index in [0.717, 1.165) is 23.1 Å². The number of aliphatic hydroxyl groups is 2. The standard InChI is InChI=1S/C28H33N5O4/c1-4-9-32(10-11-34)26(35)21-13-20-6-5-19(14-24(20)31-25(29)15-21)18-7-8-23-22(12-18)16-30-33(27(23)36)17-28(2,3)37/h5-8,12-14,16,34,37H,4,9-11,15,17H2,1-3H3,(H2,29,31). The normalized spacial score (nSPS) is 13.5. The highest BCUT2D eigenvalue weighted by Gasteiger charge is 2.21. The summed E-state index contributed by atoms with van der Waals surface area (Å²) in [5.41, 5.74) is 8.61. The lowest BCUT2D eigenvalue weighted by molar-refractivity contribution is -0.127. The number of amides is 1. The molecule has 0 saturated heterocycles. The van der Waals surface area contributed by atoms with Crippen LogP contribution >= 0.6 is 0 Å². The number of aromatic nitrogens is 2. The Morgan fingerprint density at radius 1 is 1.16 bits per heavy atom. The summed E-state index contributed by atoms with van der Waals surface area (Å²) in [4.78, 5) is 32.2. The van der Waals surface area contributed by atoms with Crippen LogP contribution in [0, 0.1) is 0 Å². The van der Waals surface area contributed by atoms with E-state index in [0.29, 0.717) is 34.4 Å². The number of rotatable bonds is 8. The Balaban J connectivity index is 1.69. The van der Waals surface area contributed by atoms with Crippen molar-refractivity contribution >= 4 is 34.3 Å². The third-order valence-corrected chi connectivity index (χ3v) is 6.14. The van der Waals surface area contributed by atoms with Gasteiger partial charge in [-0.05, 0) is 55.7 Å². The molecular formula is C28H33N5O4. The molecule has 0 saturated carbocycles. The Hall–Kier alpha value is -3.82. The first-order chi connectivity index (χ1) is 17.6. The summed E-state index contributed by atoms with van der Waals surface area (Å²) < 4.78 is 1.27. The van der Waals surface area contributed by atoms with Gasteiger partial charge in [-0.25, -0.2) is 9.67 Å². The quantitative estimate of drug-likeness (QED) is 0.433. The first-order valence-electron chi connectivity index (χ1n) is 12.4. The van der Waals surface area contributed by atoms with E-state index in [9.17, 15) is 19.8 Å². The number of benzene rings is 2. The summed E-state index contributed by atoms with van der Waals surface area (Å²) in [6.07, 6.45) is 4.46. The number of hydrogen-bond donors (Lipinski definition) is 3. The number of carbonyl (C=O) groups is 1. The van der Waals surface area contributed by atoms with Crippen molar-refractivity contribution < 1.29 is 15.0 Å². The predicted octanol–water partition coefficient (Wildman–Crippen LogP) is 2.84. The first-order valence-corrected chi connectivity index (χ1v) is 12.4. The lowest BCUT2D eigenvalue weighted by Crippen LogP contribution is -2.36. The maximum Gasteiger partial charge on any atom is 0.274 e. The van der Waals surface area contributed by atoms with Crippen LogP contribution in [-0.2, 0) is 11.3 Å². The molecule has 0 unspecified atom stereocenters. The van der Waals surface area contributed by atoms with Gasteiger partial charge in [0.25, 0.3) is 5.56 Å². The molecule has 0 aliphatic carbocycles. The Morgan fingerprint density at radius 2 is 1.89 bits per heavy atom. The SMILES string of the molecule is CCCN(CCO)C(=O)C1=Cc2ccc(-c3ccc4c(=O)n(CC(C)(C)O)ncc4c3)cc2N=C(N)C1. The van der Waals surface area contributed by atoms with Gasteiger partial charge in [-0.3, -0.25) is 9.59 Å². The van der Waals surface area contributed by atoms with E-state index in [-0.39, 0.29) is 37.6 Å². The number of nitrogens with zero attached hydrogens (tertiary/aromatic N) is 4. The van der Waals surface area contributed by atoms with Gasteiger partial charge in [-0.15, -0.1) is 0 Å². The molecule has 0 bridgehead atoms. The van der Waals surface area contributed by atoms with Gasteiger partial charge >= 0.3 is 0 Å². The van der Waals surface area contributed by atoms with Crippen LogP contribution in [0.15, 0.2) is 58.0 Å². The van der Waals surface area contributed by atoms with Gasteiger partial charge in [0.2, 0.25) is 5.91 Å². The number of nitrogens with two attached hydrogens (primary N) is 1. The highest BCUT2D eigenvalue weighted by molar-refractivity contribution is 6.05. The summed E-state index contributed by atoms with van der Waals surface area (Å²) >= 11 is 0. The van der Waals surface area contributed by atoms with Crippen LogP contribution in [-0.4, -0.2) is 61.9 Å². The van der Waals surface area contributed by atoms with E-state index in [2.05, 4.69) is 10.1 Å². The van der Waals surface area contributed by atoms with Crippen LogP contribution in [0.5, 0.6) is 0 Å². The minimum Gasteiger partial charge on any atom is -0.395 e. The molecule has 2 aromatic carbocycles. The van der Waals surface area contributed by atoms with Crippen molar-refractivity contribution in [3.63, 3.8) is 0 Å². The zero-order valence-electron chi connectivity index (χ0n) is 21.4. The zero-order chi connectivity index (χ0) is 26.7. The lowest BCUT2D eigenvalue weighted by Gasteiger charge is -2.22. The molecule has 4 N–H and O–H groups in total. The van der Waals surface area contributed by atoms with Crippen LogP contribution in [0.4, 0.5) is 5.69 Å². The average Bonchev–Trinajstić information content (AvgIpc) is 3.01. The van der Waals surface area contributed by atoms with Crippen molar-refractivity contribution in [2.45, 2.75) is 45.8 Å². The predicted molar refractivity (Wildman–Crippen MR) is 146 cm³/mol. The Kier molecular flexibility index (Phi) is 7.56. The maximum absolute atomic E-state index is 13.1. The third-order valence-electron chi connectivity index (χ3n) is 6.14. The minimum absolute atomic E-state index is 0.0992. The van der Waals surface area contributed by atoms with Crippen LogP contribution < -0.4 is 11.3 Å². The van der Waals surface area contributed by atoms with Crippen LogP contribution in [0.1, 0.15) is 39.2 Å². The molecule has 3 aromatic rings. The largest absolute Gasteiger partial charge is 0.395 e. The fourth-order valence-electron chi connectivity index (χ4n) is 4.46. The highest BCUT2D eigenvalue weighted by Crippen LogP contribution is 2.33. The van der Waals surface area contributed by atoms with Gasteiger partial charge in [-0.1, -0.05) is 25.1 Å². The molecular weight excluding hydrogens is 470 g/mol. The van der Waals surface area contributed by atoms with E-state index < -0.39 is 5.60 Å². The molecule has 1 aliphatic heterocycles. The minimum atomic E-state index is -1.05. The smallest absolute Gasteiger partial charge is 0.274 e. The number of aliphatic hydroxyl groups excluding tert-OH is 1. The fraction of sp³-hybridized carbons (Fsp3) is 0.357. The molecule has 9 nitrogen and oxygen atoms in total. The van der Waals surface area contributed by atoms with E-state index in [1.54, 1.807) is 31.0 Å². The average molecular weight is 504 g/mol. The maximum atomic E-state index is 13.1. The van der Waals surface area contributed by atoms with Crippen molar-refractivity contribution in [2.24, 2.45) is 10.7 Å². The Morgan fingerprint density at radius 3 is 2.59 bits per heavy atom. The molecule has 9 heteroatoms. The number of hydrogen-bond acceptors (Lipinski definition) is 7. The number of fused-ring (bicyclic) bond motifs is 2. The Bertz CT molecular complexity index is 1440. The molecule has 1 aromatic heterocycles. The second-order valence-corrected chi connectivity index (χ2v) is 9.96. The Labute approximate surface area is 215 Å². The number of amidine groups is 1. The van der Waals surface area contributed by atoms with Gasteiger partial charge in [0.1, 0.15) is 5.84 Å². The number of carbonyl (C=O) groups excluding carboxylic acids is 1. The topological polar surface area (TPSA) is 134 Å². The van der Waals surface area contributed by atoms with E-state index in [1.807, 2.05) is 43.3 Å². The van der Waals surface area contributed by atoms with Crippen molar-refractivity contribution in [1.29, 1.82) is 0 Å². The zero-order valence-corrected chi connectivity index (χ0v) is 21.4. The van der Waals surface area contributed by atoms with Crippen LogP contribution in [0.25, 0.3) is 28.0 Å². The van der Waals surface area contributed by atoms with Gasteiger partial charge in [0.15, 0.2) is 0 Å². The summed E-state index contributed by atoms with van der Waals surface area (Å²) in [5, 5.41) is 24.9.